The number of pyridine rings is 1. The van der Waals surface area contributed by atoms with Gasteiger partial charge in [0, 0.05) is 18.8 Å². The summed E-state index contributed by atoms with van der Waals surface area (Å²) in [6.07, 6.45) is 8.08. The quantitative estimate of drug-likeness (QED) is 0.582. The lowest BCUT2D eigenvalue weighted by Gasteiger charge is -2.15. The maximum atomic E-state index is 12.1. The fourth-order valence-electron chi connectivity index (χ4n) is 2.39. The fourth-order valence-corrected chi connectivity index (χ4v) is 4.13. The van der Waals surface area contributed by atoms with E-state index in [1.807, 2.05) is 12.1 Å². The number of nitrogens with zero attached hydrogens (tertiary/aromatic N) is 3. The second-order valence-corrected chi connectivity index (χ2v) is 9.62. The summed E-state index contributed by atoms with van der Waals surface area (Å²) in [6.45, 7) is 6.52. The minimum atomic E-state index is -0.103. The van der Waals surface area contributed by atoms with Crippen LogP contribution in [0.15, 0.2) is 45.5 Å². The third kappa shape index (κ3) is 6.48. The van der Waals surface area contributed by atoms with Crippen LogP contribution in [0.4, 0.5) is 5.13 Å². The average molecular weight is 403 g/mol. The van der Waals surface area contributed by atoms with Crippen LogP contribution in [0.3, 0.4) is 0 Å². The van der Waals surface area contributed by atoms with Gasteiger partial charge in [0.25, 0.3) is 0 Å². The lowest BCUT2D eigenvalue weighted by molar-refractivity contribution is -0.115. The van der Waals surface area contributed by atoms with E-state index in [1.54, 1.807) is 36.5 Å². The van der Waals surface area contributed by atoms with Gasteiger partial charge in [0.15, 0.2) is 5.13 Å². The van der Waals surface area contributed by atoms with Crippen LogP contribution >= 0.6 is 23.1 Å². The molecule has 0 unspecified atom stereocenters. The van der Waals surface area contributed by atoms with Crippen LogP contribution in [0.2, 0.25) is 0 Å². The Hall–Kier alpha value is -2.19. The van der Waals surface area contributed by atoms with Gasteiger partial charge in [-0.25, -0.2) is 9.97 Å². The standard InChI is InChI=1S/C19H22N4O2S2/c1-19(2,3)8-14-10-21-16(25-14)12-26-17-11-22-18(27-17)23-15(24)7-13-5-4-6-20-9-13/h4-6,9-11H,7-8,12H2,1-3H3,(H,22,23,24). The second kappa shape index (κ2) is 8.67. The Morgan fingerprint density at radius 3 is 2.85 bits per heavy atom. The summed E-state index contributed by atoms with van der Waals surface area (Å²) >= 11 is 3.04. The first kappa shape index (κ1) is 19.6. The smallest absolute Gasteiger partial charge is 0.230 e. The summed E-state index contributed by atoms with van der Waals surface area (Å²) in [5, 5.41) is 3.42. The molecule has 142 valence electrons. The Morgan fingerprint density at radius 2 is 2.11 bits per heavy atom. The first-order valence-corrected chi connectivity index (χ1v) is 10.4. The summed E-state index contributed by atoms with van der Waals surface area (Å²) < 4.78 is 6.80. The largest absolute Gasteiger partial charge is 0.445 e. The van der Waals surface area contributed by atoms with E-state index in [0.717, 1.165) is 22.0 Å². The van der Waals surface area contributed by atoms with Crippen molar-refractivity contribution in [1.29, 1.82) is 0 Å². The van der Waals surface area contributed by atoms with Crippen molar-refractivity contribution >= 4 is 34.1 Å². The van der Waals surface area contributed by atoms with Gasteiger partial charge < -0.3 is 9.73 Å². The van der Waals surface area contributed by atoms with E-state index in [4.69, 9.17) is 4.42 Å². The van der Waals surface area contributed by atoms with Gasteiger partial charge in [-0.3, -0.25) is 9.78 Å². The van der Waals surface area contributed by atoms with E-state index in [-0.39, 0.29) is 17.7 Å². The molecule has 3 aromatic heterocycles. The third-order valence-electron chi connectivity index (χ3n) is 3.46. The van der Waals surface area contributed by atoms with Gasteiger partial charge in [0.2, 0.25) is 11.8 Å². The number of thioether (sulfide) groups is 1. The molecule has 0 fully saturated rings. The Balaban J connectivity index is 1.49. The zero-order valence-corrected chi connectivity index (χ0v) is 17.2. The van der Waals surface area contributed by atoms with E-state index in [1.165, 1.54) is 11.3 Å². The molecule has 27 heavy (non-hydrogen) atoms. The molecule has 1 N–H and O–H groups in total. The maximum Gasteiger partial charge on any atom is 0.230 e. The molecule has 3 heterocycles. The molecule has 0 spiro atoms. The first-order chi connectivity index (χ1) is 12.9. The number of nitrogens with one attached hydrogen (secondary N) is 1. The molecule has 6 nitrogen and oxygen atoms in total. The zero-order chi connectivity index (χ0) is 19.3. The molecule has 3 aromatic rings. The van der Waals surface area contributed by atoms with Crippen molar-refractivity contribution in [2.24, 2.45) is 5.41 Å². The van der Waals surface area contributed by atoms with Crippen LogP contribution in [-0.4, -0.2) is 20.9 Å². The number of amides is 1. The van der Waals surface area contributed by atoms with Gasteiger partial charge >= 0.3 is 0 Å². The van der Waals surface area contributed by atoms with Gasteiger partial charge in [-0.15, -0.1) is 11.8 Å². The third-order valence-corrected chi connectivity index (χ3v) is 5.55. The average Bonchev–Trinajstić information content (AvgIpc) is 3.21. The highest BCUT2D eigenvalue weighted by Gasteiger charge is 2.15. The topological polar surface area (TPSA) is 80.9 Å². The summed E-state index contributed by atoms with van der Waals surface area (Å²) in [7, 11) is 0. The van der Waals surface area contributed by atoms with Crippen molar-refractivity contribution in [3.8, 4) is 0 Å². The minimum absolute atomic E-state index is 0.103. The van der Waals surface area contributed by atoms with Crippen molar-refractivity contribution in [3.63, 3.8) is 0 Å². The lowest BCUT2D eigenvalue weighted by atomic mass is 9.91. The van der Waals surface area contributed by atoms with Gasteiger partial charge in [-0.2, -0.15) is 0 Å². The van der Waals surface area contributed by atoms with Crippen molar-refractivity contribution in [1.82, 2.24) is 15.0 Å². The van der Waals surface area contributed by atoms with Crippen LogP contribution < -0.4 is 5.32 Å². The van der Waals surface area contributed by atoms with Crippen LogP contribution in [-0.2, 0) is 23.4 Å². The molecule has 0 aromatic carbocycles. The lowest BCUT2D eigenvalue weighted by Crippen LogP contribution is -2.14. The summed E-state index contributed by atoms with van der Waals surface area (Å²) in [6, 6.07) is 3.69. The van der Waals surface area contributed by atoms with E-state index in [0.29, 0.717) is 16.8 Å². The number of rotatable bonds is 7. The number of oxazole rings is 1. The molecule has 0 aliphatic heterocycles. The zero-order valence-electron chi connectivity index (χ0n) is 15.6. The first-order valence-electron chi connectivity index (χ1n) is 8.58. The van der Waals surface area contributed by atoms with Gasteiger partial charge in [-0.1, -0.05) is 38.2 Å². The number of anilines is 1. The number of carbonyl (C=O) groups excluding carboxylic acids is 1. The van der Waals surface area contributed by atoms with Crippen LogP contribution in [0, 0.1) is 5.41 Å². The molecular weight excluding hydrogens is 380 g/mol. The molecule has 3 rings (SSSR count). The number of thiazole rings is 1. The van der Waals surface area contributed by atoms with Crippen molar-refractivity contribution in [2.75, 3.05) is 5.32 Å². The second-order valence-electron chi connectivity index (χ2n) is 7.32. The van der Waals surface area contributed by atoms with Gasteiger partial charge in [0.05, 0.1) is 28.8 Å². The van der Waals surface area contributed by atoms with Crippen molar-refractivity contribution in [3.05, 3.63) is 54.1 Å². The van der Waals surface area contributed by atoms with Crippen molar-refractivity contribution < 1.29 is 9.21 Å². The van der Waals surface area contributed by atoms with E-state index >= 15 is 0 Å². The predicted octanol–water partition coefficient (Wildman–Crippen LogP) is 4.59. The molecule has 0 saturated heterocycles. The Labute approximate surface area is 166 Å². The molecular formula is C19H22N4O2S2. The maximum absolute atomic E-state index is 12.1. The van der Waals surface area contributed by atoms with Crippen LogP contribution in [0.5, 0.6) is 0 Å². The molecule has 0 aliphatic carbocycles. The Kier molecular flexibility index (Phi) is 6.28. The van der Waals surface area contributed by atoms with Gasteiger partial charge in [0.1, 0.15) is 5.76 Å². The molecule has 0 saturated carbocycles. The van der Waals surface area contributed by atoms with E-state index in [2.05, 4.69) is 41.0 Å². The highest BCUT2D eigenvalue weighted by atomic mass is 32.2. The summed E-state index contributed by atoms with van der Waals surface area (Å²) in [5.41, 5.74) is 1.04. The Morgan fingerprint density at radius 1 is 1.26 bits per heavy atom. The SMILES string of the molecule is CC(C)(C)Cc1cnc(CSc2cnc(NC(=O)Cc3cccnc3)s2)o1. The normalized spacial score (nSPS) is 11.5. The Bertz CT molecular complexity index is 885. The van der Waals surface area contributed by atoms with Crippen LogP contribution in [0.25, 0.3) is 0 Å². The fraction of sp³-hybridized carbons (Fsp3) is 0.368. The van der Waals surface area contributed by atoms with Crippen molar-refractivity contribution in [2.45, 2.75) is 43.6 Å². The molecule has 0 aliphatic rings. The monoisotopic (exact) mass is 402 g/mol. The molecule has 0 radical (unpaired) electrons. The number of hydrogen-bond acceptors (Lipinski definition) is 7. The predicted molar refractivity (Wildman–Crippen MR) is 108 cm³/mol. The molecule has 8 heteroatoms. The highest BCUT2D eigenvalue weighted by molar-refractivity contribution is 8.00. The van der Waals surface area contributed by atoms with Gasteiger partial charge in [-0.05, 0) is 17.0 Å². The summed E-state index contributed by atoms with van der Waals surface area (Å²) in [4.78, 5) is 24.7. The molecule has 1 amide bonds. The van der Waals surface area contributed by atoms with E-state index in [9.17, 15) is 4.79 Å². The molecule has 0 atom stereocenters. The number of aromatic nitrogens is 3. The van der Waals surface area contributed by atoms with Crippen LogP contribution in [0.1, 0.15) is 38.0 Å². The summed E-state index contributed by atoms with van der Waals surface area (Å²) in [5.74, 6) is 2.14. The molecule has 0 bridgehead atoms. The minimum Gasteiger partial charge on any atom is -0.445 e. The highest BCUT2D eigenvalue weighted by Crippen LogP contribution is 2.31. The number of hydrogen-bond donors (Lipinski definition) is 1. The van der Waals surface area contributed by atoms with E-state index < -0.39 is 0 Å². The number of carbonyl (C=O) groups is 1.